The molecule has 0 radical (unpaired) electrons. The fraction of sp³-hybridized carbons (Fsp3) is 0.100. The van der Waals surface area contributed by atoms with Gasteiger partial charge in [-0.05, 0) is 111 Å². The van der Waals surface area contributed by atoms with Crippen molar-refractivity contribution < 1.29 is 24.0 Å². The van der Waals surface area contributed by atoms with Gasteiger partial charge >= 0.3 is 0 Å². The summed E-state index contributed by atoms with van der Waals surface area (Å²) in [6, 6.07) is 28.5. The molecular formula is C40H32I2N4O6S. The lowest BCUT2D eigenvalue weighted by molar-refractivity contribution is -0.384. The fourth-order valence-electron chi connectivity index (χ4n) is 5.23. The number of allylic oxidation sites excluding steroid dienone is 4. The first kappa shape index (κ1) is 39.3. The number of nitrogens with one attached hydrogen (secondary N) is 1. The van der Waals surface area contributed by atoms with Crippen LogP contribution >= 0.6 is 56.9 Å². The van der Waals surface area contributed by atoms with Crippen molar-refractivity contribution in [2.75, 3.05) is 5.75 Å². The third kappa shape index (κ3) is 10.2. The SMILES string of the molecule is C=C/C=C\C(=C/C)N1C(=O)/C(=C/c2cc(I)c(OCc3ccc([N+](=O)[O-])cc3)c(I)c2)C(=O)N=C1SCC(=O)NC(c1ccccc1)c1ccccc1. The highest BCUT2D eigenvalue weighted by Crippen LogP contribution is 2.32. The van der Waals surface area contributed by atoms with Crippen molar-refractivity contribution in [2.45, 2.75) is 19.6 Å². The zero-order chi connectivity index (χ0) is 37.9. The van der Waals surface area contributed by atoms with Crippen molar-refractivity contribution in [3.05, 3.63) is 179 Å². The predicted octanol–water partition coefficient (Wildman–Crippen LogP) is 8.78. The molecule has 4 aromatic rings. The van der Waals surface area contributed by atoms with Crippen molar-refractivity contribution in [1.82, 2.24) is 10.2 Å². The Hall–Kier alpha value is -4.87. The topological polar surface area (TPSA) is 131 Å². The number of amides is 3. The Bertz CT molecular complexity index is 2090. The molecule has 0 saturated carbocycles. The minimum atomic E-state index is -0.729. The number of non-ortho nitro benzene ring substituents is 1. The van der Waals surface area contributed by atoms with Gasteiger partial charge < -0.3 is 10.1 Å². The minimum absolute atomic E-state index is 0.00434. The van der Waals surface area contributed by atoms with E-state index in [4.69, 9.17) is 4.74 Å². The second-order valence-electron chi connectivity index (χ2n) is 11.3. The van der Waals surface area contributed by atoms with Gasteiger partial charge in [-0.3, -0.25) is 29.4 Å². The summed E-state index contributed by atoms with van der Waals surface area (Å²) in [4.78, 5) is 57.2. The second-order valence-corrected chi connectivity index (χ2v) is 14.6. The molecule has 1 aliphatic rings. The molecule has 1 heterocycles. The zero-order valence-corrected chi connectivity index (χ0v) is 33.4. The molecule has 10 nitrogen and oxygen atoms in total. The number of hydrogen-bond donors (Lipinski definition) is 1. The van der Waals surface area contributed by atoms with Crippen LogP contribution in [-0.4, -0.2) is 38.5 Å². The summed E-state index contributed by atoms with van der Waals surface area (Å²) in [6.07, 6.45) is 8.12. The Morgan fingerprint density at radius 2 is 1.60 bits per heavy atom. The smallest absolute Gasteiger partial charge is 0.285 e. The van der Waals surface area contributed by atoms with Gasteiger partial charge in [0.2, 0.25) is 5.91 Å². The molecule has 1 aliphatic heterocycles. The van der Waals surface area contributed by atoms with Crippen molar-refractivity contribution in [2.24, 2.45) is 4.99 Å². The number of carbonyl (C=O) groups excluding carboxylic acids is 3. The molecule has 5 rings (SSSR count). The average molecular weight is 951 g/mol. The summed E-state index contributed by atoms with van der Waals surface area (Å²) in [5.74, 6) is -1.14. The van der Waals surface area contributed by atoms with E-state index < -0.39 is 22.8 Å². The van der Waals surface area contributed by atoms with Crippen LogP contribution in [0.25, 0.3) is 6.08 Å². The highest BCUT2D eigenvalue weighted by molar-refractivity contribution is 14.1. The van der Waals surface area contributed by atoms with Crippen molar-refractivity contribution in [1.29, 1.82) is 0 Å². The van der Waals surface area contributed by atoms with E-state index in [1.54, 1.807) is 55.5 Å². The predicted molar refractivity (Wildman–Crippen MR) is 225 cm³/mol. The maximum absolute atomic E-state index is 14.1. The number of nitrogens with zero attached hydrogens (tertiary/aromatic N) is 3. The molecule has 268 valence electrons. The van der Waals surface area contributed by atoms with E-state index in [2.05, 4.69) is 62.1 Å². The van der Waals surface area contributed by atoms with Crippen LogP contribution in [0.4, 0.5) is 5.69 Å². The first-order valence-electron chi connectivity index (χ1n) is 16.1. The Kier molecular flexibility index (Phi) is 13.9. The largest absolute Gasteiger partial charge is 0.487 e. The minimum Gasteiger partial charge on any atom is -0.487 e. The molecular weight excluding hydrogens is 918 g/mol. The van der Waals surface area contributed by atoms with Gasteiger partial charge in [0, 0.05) is 17.8 Å². The van der Waals surface area contributed by atoms with Gasteiger partial charge in [0.25, 0.3) is 17.5 Å². The van der Waals surface area contributed by atoms with Crippen LogP contribution in [0, 0.1) is 17.3 Å². The number of rotatable bonds is 13. The molecule has 0 fully saturated rings. The first-order chi connectivity index (χ1) is 25.6. The third-order valence-electron chi connectivity index (χ3n) is 7.77. The van der Waals surface area contributed by atoms with E-state index >= 15 is 0 Å². The van der Waals surface area contributed by atoms with Crippen LogP contribution in [0.5, 0.6) is 5.75 Å². The van der Waals surface area contributed by atoms with Gasteiger partial charge in [0.15, 0.2) is 5.17 Å². The highest BCUT2D eigenvalue weighted by Gasteiger charge is 2.35. The molecule has 0 aromatic heterocycles. The number of carbonyl (C=O) groups is 3. The van der Waals surface area contributed by atoms with Gasteiger partial charge in [-0.1, -0.05) is 97.2 Å². The lowest BCUT2D eigenvalue weighted by atomic mass is 9.99. The lowest BCUT2D eigenvalue weighted by Crippen LogP contribution is -2.42. The Morgan fingerprint density at radius 3 is 2.15 bits per heavy atom. The fourth-order valence-corrected chi connectivity index (χ4v) is 8.17. The Morgan fingerprint density at radius 1 is 1.00 bits per heavy atom. The van der Waals surface area contributed by atoms with E-state index in [0.29, 0.717) is 17.0 Å². The molecule has 0 aliphatic carbocycles. The highest BCUT2D eigenvalue weighted by atomic mass is 127. The van der Waals surface area contributed by atoms with E-state index in [1.165, 1.54) is 23.1 Å². The van der Waals surface area contributed by atoms with Crippen LogP contribution in [-0.2, 0) is 21.0 Å². The number of halogens is 2. The quantitative estimate of drug-likeness (QED) is 0.0354. The van der Waals surface area contributed by atoms with Crippen molar-refractivity contribution >= 4 is 91.6 Å². The van der Waals surface area contributed by atoms with E-state index in [-0.39, 0.29) is 34.7 Å². The number of hydrogen-bond acceptors (Lipinski definition) is 7. The monoisotopic (exact) mass is 950 g/mol. The van der Waals surface area contributed by atoms with Gasteiger partial charge in [0.05, 0.1) is 23.9 Å². The summed E-state index contributed by atoms with van der Waals surface area (Å²) >= 11 is 5.23. The van der Waals surface area contributed by atoms with Gasteiger partial charge in [-0.25, -0.2) is 0 Å². The number of benzene rings is 4. The van der Waals surface area contributed by atoms with Crippen LogP contribution in [0.15, 0.2) is 144 Å². The van der Waals surface area contributed by atoms with Gasteiger partial charge in [0.1, 0.15) is 17.9 Å². The Balaban J connectivity index is 1.38. The molecule has 1 N–H and O–H groups in total. The van der Waals surface area contributed by atoms with Gasteiger partial charge in [-0.15, -0.1) is 0 Å². The normalized spacial score (nSPS) is 14.1. The van der Waals surface area contributed by atoms with Crippen LogP contribution < -0.4 is 10.1 Å². The van der Waals surface area contributed by atoms with E-state index in [1.807, 2.05) is 60.7 Å². The molecule has 0 atom stereocenters. The number of nitro benzene ring substituents is 1. The zero-order valence-electron chi connectivity index (χ0n) is 28.3. The number of thioether (sulfide) groups is 1. The van der Waals surface area contributed by atoms with Gasteiger partial charge in [-0.2, -0.15) is 4.99 Å². The Labute approximate surface area is 338 Å². The molecule has 0 saturated heterocycles. The molecule has 4 aromatic carbocycles. The summed E-state index contributed by atoms with van der Waals surface area (Å²) in [5.41, 5.74) is 3.46. The molecule has 53 heavy (non-hydrogen) atoms. The summed E-state index contributed by atoms with van der Waals surface area (Å²) < 4.78 is 7.51. The second kappa shape index (κ2) is 18.8. The number of ether oxygens (including phenoxy) is 1. The maximum atomic E-state index is 14.1. The summed E-state index contributed by atoms with van der Waals surface area (Å²) in [5, 5.41) is 14.1. The lowest BCUT2D eigenvalue weighted by Gasteiger charge is -2.28. The number of nitro groups is 1. The van der Waals surface area contributed by atoms with E-state index in [9.17, 15) is 24.5 Å². The van der Waals surface area contributed by atoms with Crippen molar-refractivity contribution in [3.8, 4) is 5.75 Å². The summed E-state index contributed by atoms with van der Waals surface area (Å²) in [7, 11) is 0. The average Bonchev–Trinajstić information content (AvgIpc) is 3.16. The van der Waals surface area contributed by atoms with Crippen LogP contribution in [0.1, 0.15) is 35.2 Å². The molecule has 3 amide bonds. The maximum Gasteiger partial charge on any atom is 0.285 e. The molecule has 0 bridgehead atoms. The third-order valence-corrected chi connectivity index (χ3v) is 10.3. The summed E-state index contributed by atoms with van der Waals surface area (Å²) in [6.45, 7) is 5.67. The standard InChI is InChI=1S/C40H32I2N4O6S/c1-3-5-16-30(4-2)45-39(49)32(21-27-22-33(41)37(34(42)23-27)52-24-26-17-19-31(20-18-26)46(50)51)38(48)44-40(45)53-25-35(47)43-36(28-12-8-6-9-13-28)29-14-10-7-11-15-29/h3-23,36H,1,24-25H2,2H3,(H,43,47)/b16-5-,30-4+,32-21+. The number of amidine groups is 1. The molecule has 0 spiro atoms. The van der Waals surface area contributed by atoms with Crippen LogP contribution in [0.2, 0.25) is 0 Å². The molecule has 13 heteroatoms. The van der Waals surface area contributed by atoms with Crippen LogP contribution in [0.3, 0.4) is 0 Å². The first-order valence-corrected chi connectivity index (χ1v) is 19.3. The molecule has 0 unspecified atom stereocenters. The van der Waals surface area contributed by atoms with E-state index in [0.717, 1.165) is 35.6 Å². The number of aliphatic imine (C=N–C) groups is 1. The van der Waals surface area contributed by atoms with Crippen molar-refractivity contribution in [3.63, 3.8) is 0 Å².